The lowest BCUT2D eigenvalue weighted by Crippen LogP contribution is -1.94. The highest BCUT2D eigenvalue weighted by Crippen LogP contribution is 2.36. The lowest BCUT2D eigenvalue weighted by Gasteiger charge is -1.93. The third kappa shape index (κ3) is 1.54. The van der Waals surface area contributed by atoms with E-state index in [1.54, 1.807) is 6.07 Å². The zero-order valence-electron chi connectivity index (χ0n) is 6.75. The first kappa shape index (κ1) is 9.96. The van der Waals surface area contributed by atoms with Crippen LogP contribution in [0.25, 0.3) is 10.1 Å². The molecule has 14 heavy (non-hydrogen) atoms. The first-order valence-corrected chi connectivity index (χ1v) is 5.69. The Kier molecular flexibility index (Phi) is 2.51. The first-order chi connectivity index (χ1) is 6.59. The Hall–Kier alpha value is -0.580. The average molecular weight is 292 g/mol. The molecular weight excluding hydrogens is 288 g/mol. The highest BCUT2D eigenvalue weighted by Gasteiger charge is 2.16. The van der Waals surface area contributed by atoms with Gasteiger partial charge in [0.15, 0.2) is 0 Å². The third-order valence-corrected chi connectivity index (χ3v) is 3.69. The maximum Gasteiger partial charge on any atom is 0.338 e. The smallest absolute Gasteiger partial charge is 0.338 e. The van der Waals surface area contributed by atoms with Crippen LogP contribution in [0.3, 0.4) is 0 Å². The molecular formula is C9H4BrClO2S. The van der Waals surface area contributed by atoms with Gasteiger partial charge in [-0.25, -0.2) is 4.79 Å². The molecule has 2 nitrogen and oxygen atoms in total. The van der Waals surface area contributed by atoms with Crippen LogP contribution in [-0.4, -0.2) is 11.1 Å². The van der Waals surface area contributed by atoms with Crippen LogP contribution < -0.4 is 0 Å². The van der Waals surface area contributed by atoms with Crippen LogP contribution >= 0.6 is 38.9 Å². The van der Waals surface area contributed by atoms with Gasteiger partial charge in [0.05, 0.1) is 5.56 Å². The quantitative estimate of drug-likeness (QED) is 0.862. The number of benzene rings is 1. The fraction of sp³-hybridized carbons (Fsp3) is 0. The number of carboxylic acids is 1. The molecule has 0 amide bonds. The molecule has 1 heterocycles. The van der Waals surface area contributed by atoms with Crippen molar-refractivity contribution in [2.75, 3.05) is 0 Å². The van der Waals surface area contributed by atoms with E-state index in [0.717, 1.165) is 9.17 Å². The predicted octanol–water partition coefficient (Wildman–Crippen LogP) is 4.02. The lowest BCUT2D eigenvalue weighted by atomic mass is 10.2. The molecule has 0 unspecified atom stereocenters. The molecule has 72 valence electrons. The summed E-state index contributed by atoms with van der Waals surface area (Å²) in [5, 5.41) is 9.63. The first-order valence-electron chi connectivity index (χ1n) is 3.70. The summed E-state index contributed by atoms with van der Waals surface area (Å²) in [5.41, 5.74) is 0.188. The Labute approximate surface area is 97.2 Å². The zero-order valence-corrected chi connectivity index (χ0v) is 9.91. The average Bonchev–Trinajstić information content (AvgIpc) is 2.40. The molecule has 0 saturated heterocycles. The van der Waals surface area contributed by atoms with Crippen molar-refractivity contribution >= 4 is 54.9 Å². The Morgan fingerprint density at radius 3 is 2.86 bits per heavy atom. The van der Waals surface area contributed by atoms with Crippen LogP contribution in [0.2, 0.25) is 4.34 Å². The maximum atomic E-state index is 10.9. The molecule has 2 rings (SSSR count). The molecule has 0 saturated carbocycles. The molecule has 0 bridgehead atoms. The maximum absolute atomic E-state index is 10.9. The lowest BCUT2D eigenvalue weighted by molar-refractivity contribution is 0.0699. The van der Waals surface area contributed by atoms with E-state index in [0.29, 0.717) is 9.72 Å². The van der Waals surface area contributed by atoms with Crippen molar-refractivity contribution < 1.29 is 9.90 Å². The van der Waals surface area contributed by atoms with Gasteiger partial charge in [0.2, 0.25) is 0 Å². The minimum atomic E-state index is -0.987. The van der Waals surface area contributed by atoms with E-state index in [4.69, 9.17) is 16.7 Å². The topological polar surface area (TPSA) is 37.3 Å². The molecule has 0 spiro atoms. The second kappa shape index (κ2) is 3.53. The molecule has 0 aliphatic heterocycles. The molecule has 1 aromatic heterocycles. The van der Waals surface area contributed by atoms with Crippen LogP contribution in [-0.2, 0) is 0 Å². The summed E-state index contributed by atoms with van der Waals surface area (Å²) in [6, 6.07) is 5.48. The van der Waals surface area contributed by atoms with Crippen LogP contribution in [0, 0.1) is 0 Å². The summed E-state index contributed by atoms with van der Waals surface area (Å²) in [5.74, 6) is -0.987. The van der Waals surface area contributed by atoms with Crippen molar-refractivity contribution in [3.63, 3.8) is 0 Å². The summed E-state index contributed by atoms with van der Waals surface area (Å²) in [4.78, 5) is 10.9. The van der Waals surface area contributed by atoms with Crippen molar-refractivity contribution in [1.82, 2.24) is 0 Å². The molecule has 0 aliphatic rings. The van der Waals surface area contributed by atoms with Crippen LogP contribution in [0.1, 0.15) is 10.4 Å². The molecule has 0 fully saturated rings. The molecule has 0 atom stereocenters. The number of aromatic carboxylic acids is 1. The largest absolute Gasteiger partial charge is 0.478 e. The Morgan fingerprint density at radius 1 is 1.50 bits per heavy atom. The van der Waals surface area contributed by atoms with E-state index < -0.39 is 5.97 Å². The fourth-order valence-corrected chi connectivity index (χ4v) is 2.93. The highest BCUT2D eigenvalue weighted by molar-refractivity contribution is 9.10. The number of halogens is 2. The van der Waals surface area contributed by atoms with E-state index in [1.807, 2.05) is 12.1 Å². The van der Waals surface area contributed by atoms with E-state index in [1.165, 1.54) is 11.3 Å². The highest BCUT2D eigenvalue weighted by atomic mass is 79.9. The number of fused-ring (bicyclic) bond motifs is 1. The van der Waals surface area contributed by atoms with E-state index in [2.05, 4.69) is 15.9 Å². The van der Waals surface area contributed by atoms with Gasteiger partial charge >= 0.3 is 5.97 Å². The number of thiophene rings is 1. The number of carbonyl (C=O) groups is 1. The molecule has 1 aromatic carbocycles. The van der Waals surface area contributed by atoms with Gasteiger partial charge in [-0.2, -0.15) is 0 Å². The molecule has 2 aromatic rings. The van der Waals surface area contributed by atoms with Gasteiger partial charge in [-0.05, 0) is 18.2 Å². The van der Waals surface area contributed by atoms with Gasteiger partial charge in [0.1, 0.15) is 4.34 Å². The minimum absolute atomic E-state index is 0.188. The predicted molar refractivity (Wildman–Crippen MR) is 61.5 cm³/mol. The number of rotatable bonds is 1. The van der Waals surface area contributed by atoms with Crippen molar-refractivity contribution in [2.24, 2.45) is 0 Å². The number of hydrogen-bond acceptors (Lipinski definition) is 2. The number of carboxylic acid groups (broad SMARTS) is 1. The molecule has 0 aliphatic carbocycles. The van der Waals surface area contributed by atoms with Gasteiger partial charge in [-0.1, -0.05) is 27.5 Å². The summed E-state index contributed by atoms with van der Waals surface area (Å²) < 4.78 is 2.06. The van der Waals surface area contributed by atoms with Gasteiger partial charge in [-0.15, -0.1) is 11.3 Å². The van der Waals surface area contributed by atoms with Crippen molar-refractivity contribution in [3.8, 4) is 0 Å². The summed E-state index contributed by atoms with van der Waals surface area (Å²) >= 11 is 10.4. The fourth-order valence-electron chi connectivity index (χ4n) is 1.24. The Balaban J connectivity index is 2.86. The Bertz CT molecular complexity index is 521. The van der Waals surface area contributed by atoms with E-state index in [-0.39, 0.29) is 5.56 Å². The summed E-state index contributed by atoms with van der Waals surface area (Å²) in [6.07, 6.45) is 0. The van der Waals surface area contributed by atoms with E-state index in [9.17, 15) is 4.79 Å². The summed E-state index contributed by atoms with van der Waals surface area (Å²) in [7, 11) is 0. The van der Waals surface area contributed by atoms with Crippen molar-refractivity contribution in [2.45, 2.75) is 0 Å². The van der Waals surface area contributed by atoms with Gasteiger partial charge < -0.3 is 5.11 Å². The van der Waals surface area contributed by atoms with Gasteiger partial charge in [0, 0.05) is 14.6 Å². The molecule has 0 radical (unpaired) electrons. The molecule has 1 N–H and O–H groups in total. The zero-order chi connectivity index (χ0) is 10.3. The normalized spacial score (nSPS) is 10.7. The van der Waals surface area contributed by atoms with Crippen molar-refractivity contribution in [3.05, 3.63) is 32.6 Å². The third-order valence-electron chi connectivity index (χ3n) is 1.82. The minimum Gasteiger partial charge on any atom is -0.478 e. The Morgan fingerprint density at radius 2 is 2.21 bits per heavy atom. The van der Waals surface area contributed by atoms with E-state index >= 15 is 0 Å². The SMILES string of the molecule is O=C(O)c1c(Cl)sc2ccc(Br)cc12. The van der Waals surface area contributed by atoms with Gasteiger partial charge in [-0.3, -0.25) is 0 Å². The van der Waals surface area contributed by atoms with Crippen LogP contribution in [0.15, 0.2) is 22.7 Å². The summed E-state index contributed by atoms with van der Waals surface area (Å²) in [6.45, 7) is 0. The van der Waals surface area contributed by atoms with Gasteiger partial charge in [0.25, 0.3) is 0 Å². The van der Waals surface area contributed by atoms with Crippen LogP contribution in [0.5, 0.6) is 0 Å². The second-order valence-electron chi connectivity index (χ2n) is 2.70. The standard InChI is InChI=1S/C9H4BrClO2S/c10-4-1-2-6-5(3-4)7(9(12)13)8(11)14-6/h1-3H,(H,12,13). The monoisotopic (exact) mass is 290 g/mol. The van der Waals surface area contributed by atoms with Crippen molar-refractivity contribution in [1.29, 1.82) is 0 Å². The number of hydrogen-bond donors (Lipinski definition) is 1. The molecule has 5 heteroatoms. The second-order valence-corrected chi connectivity index (χ2v) is 5.27. The van der Waals surface area contributed by atoms with Crippen LogP contribution in [0.4, 0.5) is 0 Å².